The minimum Gasteiger partial charge on any atom is -0.316 e. The van der Waals surface area contributed by atoms with Crippen LogP contribution in [-0.4, -0.2) is 43.3 Å². The van der Waals surface area contributed by atoms with Crippen LogP contribution < -0.4 is 5.32 Å². The van der Waals surface area contributed by atoms with E-state index in [1.165, 1.54) is 19.3 Å². The Morgan fingerprint density at radius 1 is 1.16 bits per heavy atom. The number of rotatable bonds is 3. The number of hydrogen-bond acceptors (Lipinski definition) is 2. The lowest BCUT2D eigenvalue weighted by Gasteiger charge is -2.39. The smallest absolute Gasteiger partial charge is 0.126 e. The standard InChI is InChI=1S/C16H31FN2/c1-15(2,3)12-14-4-10-19(11-5-14)13-16(17)6-8-18-9-7-16/h14,18H,4-13H2,1-3H3. The summed E-state index contributed by atoms with van der Waals surface area (Å²) in [5.74, 6) is 0.847. The molecule has 0 radical (unpaired) electrons. The summed E-state index contributed by atoms with van der Waals surface area (Å²) in [4.78, 5) is 2.37. The molecule has 0 unspecified atom stereocenters. The maximum Gasteiger partial charge on any atom is 0.126 e. The van der Waals surface area contributed by atoms with Crippen LogP contribution in [0.5, 0.6) is 0 Å². The first-order valence-corrected chi connectivity index (χ1v) is 7.98. The van der Waals surface area contributed by atoms with Gasteiger partial charge in [0, 0.05) is 6.54 Å². The van der Waals surface area contributed by atoms with Gasteiger partial charge >= 0.3 is 0 Å². The van der Waals surface area contributed by atoms with Crippen LogP contribution in [0, 0.1) is 11.3 Å². The molecule has 0 aliphatic carbocycles. The van der Waals surface area contributed by atoms with Crippen molar-refractivity contribution in [1.82, 2.24) is 10.2 Å². The second kappa shape index (κ2) is 6.09. The average Bonchev–Trinajstić information content (AvgIpc) is 2.30. The number of likely N-dealkylation sites (tertiary alicyclic amines) is 1. The second-order valence-corrected chi connectivity index (χ2v) is 7.89. The lowest BCUT2D eigenvalue weighted by atomic mass is 9.80. The number of hydrogen-bond donors (Lipinski definition) is 1. The number of piperidine rings is 2. The van der Waals surface area contributed by atoms with E-state index < -0.39 is 5.67 Å². The van der Waals surface area contributed by atoms with Crippen LogP contribution in [0.2, 0.25) is 0 Å². The van der Waals surface area contributed by atoms with E-state index in [2.05, 4.69) is 31.0 Å². The van der Waals surface area contributed by atoms with Gasteiger partial charge in [-0.1, -0.05) is 20.8 Å². The third kappa shape index (κ3) is 5.03. The molecule has 0 atom stereocenters. The Balaban J connectivity index is 1.74. The first-order valence-electron chi connectivity index (χ1n) is 7.98. The Labute approximate surface area is 118 Å². The van der Waals surface area contributed by atoms with Gasteiger partial charge in [-0.2, -0.15) is 0 Å². The molecule has 2 aliphatic heterocycles. The van der Waals surface area contributed by atoms with Gasteiger partial charge in [0.2, 0.25) is 0 Å². The Bertz CT molecular complexity index is 271. The van der Waals surface area contributed by atoms with Crippen LogP contribution in [0.15, 0.2) is 0 Å². The fraction of sp³-hybridized carbons (Fsp3) is 1.00. The molecule has 112 valence electrons. The highest BCUT2D eigenvalue weighted by Crippen LogP contribution is 2.32. The summed E-state index contributed by atoms with van der Waals surface area (Å²) in [6.07, 6.45) is 5.20. The van der Waals surface area contributed by atoms with Crippen molar-refractivity contribution in [3.8, 4) is 0 Å². The van der Waals surface area contributed by atoms with Gasteiger partial charge in [0.05, 0.1) is 0 Å². The predicted molar refractivity (Wildman–Crippen MR) is 79.2 cm³/mol. The van der Waals surface area contributed by atoms with Crippen LogP contribution in [0.4, 0.5) is 4.39 Å². The van der Waals surface area contributed by atoms with Crippen LogP contribution in [0.1, 0.15) is 52.9 Å². The maximum absolute atomic E-state index is 14.6. The minimum atomic E-state index is -0.928. The molecule has 3 heteroatoms. The number of alkyl halides is 1. The SMILES string of the molecule is CC(C)(C)CC1CCN(CC2(F)CCNCC2)CC1. The molecule has 2 heterocycles. The van der Waals surface area contributed by atoms with Gasteiger partial charge in [0.25, 0.3) is 0 Å². The fourth-order valence-corrected chi connectivity index (χ4v) is 3.65. The fourth-order valence-electron chi connectivity index (χ4n) is 3.65. The molecule has 2 fully saturated rings. The highest BCUT2D eigenvalue weighted by molar-refractivity contribution is 4.89. The third-order valence-electron chi connectivity index (χ3n) is 4.61. The summed E-state index contributed by atoms with van der Waals surface area (Å²) < 4.78 is 14.6. The Hall–Kier alpha value is -0.150. The first kappa shape index (κ1) is 15.2. The van der Waals surface area contributed by atoms with Gasteiger partial charge in [-0.25, -0.2) is 4.39 Å². The van der Waals surface area contributed by atoms with Gasteiger partial charge in [0.15, 0.2) is 0 Å². The van der Waals surface area contributed by atoms with Gasteiger partial charge < -0.3 is 10.2 Å². The molecule has 19 heavy (non-hydrogen) atoms. The van der Waals surface area contributed by atoms with E-state index >= 15 is 0 Å². The van der Waals surface area contributed by atoms with E-state index in [-0.39, 0.29) is 0 Å². The third-order valence-corrected chi connectivity index (χ3v) is 4.61. The van der Waals surface area contributed by atoms with Gasteiger partial charge in [-0.15, -0.1) is 0 Å². The van der Waals surface area contributed by atoms with Gasteiger partial charge in [-0.3, -0.25) is 0 Å². The van der Waals surface area contributed by atoms with Crippen molar-refractivity contribution in [2.75, 3.05) is 32.7 Å². The summed E-state index contributed by atoms with van der Waals surface area (Å²) >= 11 is 0. The molecular formula is C16H31FN2. The molecule has 0 aromatic rings. The summed E-state index contributed by atoms with van der Waals surface area (Å²) in [5, 5.41) is 3.25. The highest BCUT2D eigenvalue weighted by Gasteiger charge is 2.35. The Kier molecular flexibility index (Phi) is 4.88. The van der Waals surface area contributed by atoms with Crippen LogP contribution in [0.3, 0.4) is 0 Å². The topological polar surface area (TPSA) is 15.3 Å². The van der Waals surface area contributed by atoms with Crippen LogP contribution >= 0.6 is 0 Å². The molecular weight excluding hydrogens is 239 g/mol. The summed E-state index contributed by atoms with van der Waals surface area (Å²) in [6.45, 7) is 11.5. The van der Waals surface area contributed by atoms with Crippen molar-refractivity contribution >= 4 is 0 Å². The van der Waals surface area contributed by atoms with Gasteiger partial charge in [0.1, 0.15) is 5.67 Å². The van der Waals surface area contributed by atoms with Crippen LogP contribution in [-0.2, 0) is 0 Å². The Morgan fingerprint density at radius 3 is 2.26 bits per heavy atom. The summed E-state index contributed by atoms with van der Waals surface area (Å²) in [6, 6.07) is 0. The van der Waals surface area contributed by atoms with E-state index in [4.69, 9.17) is 0 Å². The quantitative estimate of drug-likeness (QED) is 0.847. The van der Waals surface area contributed by atoms with Gasteiger partial charge in [-0.05, 0) is 69.6 Å². The molecule has 0 spiro atoms. The summed E-state index contributed by atoms with van der Waals surface area (Å²) in [7, 11) is 0. The largest absolute Gasteiger partial charge is 0.316 e. The number of nitrogens with one attached hydrogen (secondary N) is 1. The molecule has 1 N–H and O–H groups in total. The maximum atomic E-state index is 14.6. The highest BCUT2D eigenvalue weighted by atomic mass is 19.1. The molecule has 0 aromatic carbocycles. The normalized spacial score (nSPS) is 26.5. The molecule has 2 aliphatic rings. The zero-order valence-corrected chi connectivity index (χ0v) is 13.0. The monoisotopic (exact) mass is 270 g/mol. The van der Waals surface area contributed by atoms with Crippen molar-refractivity contribution in [3.05, 3.63) is 0 Å². The van der Waals surface area contributed by atoms with E-state index in [1.54, 1.807) is 0 Å². The number of nitrogens with zero attached hydrogens (tertiary/aromatic N) is 1. The average molecular weight is 270 g/mol. The van der Waals surface area contributed by atoms with Crippen molar-refractivity contribution in [2.45, 2.75) is 58.5 Å². The molecule has 2 rings (SSSR count). The van der Waals surface area contributed by atoms with E-state index in [1.807, 2.05) is 0 Å². The van der Waals surface area contributed by atoms with Crippen molar-refractivity contribution in [3.63, 3.8) is 0 Å². The minimum absolute atomic E-state index is 0.434. The Morgan fingerprint density at radius 2 is 1.74 bits per heavy atom. The zero-order valence-electron chi connectivity index (χ0n) is 13.0. The first-order chi connectivity index (χ1) is 8.86. The number of halogens is 1. The van der Waals surface area contributed by atoms with E-state index in [9.17, 15) is 4.39 Å². The molecule has 0 amide bonds. The lowest BCUT2D eigenvalue weighted by Crippen LogP contribution is -2.48. The van der Waals surface area contributed by atoms with E-state index in [0.29, 0.717) is 24.8 Å². The van der Waals surface area contributed by atoms with Crippen LogP contribution in [0.25, 0.3) is 0 Å². The second-order valence-electron chi connectivity index (χ2n) is 7.89. The molecule has 2 nitrogen and oxygen atoms in total. The zero-order chi connectivity index (χ0) is 13.9. The van der Waals surface area contributed by atoms with Crippen molar-refractivity contribution in [1.29, 1.82) is 0 Å². The van der Waals surface area contributed by atoms with E-state index in [0.717, 1.165) is 32.1 Å². The van der Waals surface area contributed by atoms with Crippen molar-refractivity contribution < 1.29 is 4.39 Å². The summed E-state index contributed by atoms with van der Waals surface area (Å²) in [5.41, 5.74) is -0.495. The van der Waals surface area contributed by atoms with Crippen molar-refractivity contribution in [2.24, 2.45) is 11.3 Å². The molecule has 0 saturated carbocycles. The molecule has 0 aromatic heterocycles. The predicted octanol–water partition coefficient (Wildman–Crippen LogP) is 3.23. The lowest BCUT2D eigenvalue weighted by molar-refractivity contribution is 0.0420. The molecule has 0 bridgehead atoms. The molecule has 2 saturated heterocycles.